The van der Waals surface area contributed by atoms with Gasteiger partial charge in [-0.15, -0.1) is 0 Å². The molecule has 1 aliphatic carbocycles. The van der Waals surface area contributed by atoms with Crippen LogP contribution in [0.25, 0.3) is 11.0 Å². The van der Waals surface area contributed by atoms with E-state index >= 15 is 0 Å². The standard InChI is InChI=1S/C19H27NO/c1-6-15-14(13-9-7-8-10-16(13)21-15)11-20-12-17-18(2,3)19(17,4)5/h7-10,17,20H,6,11-12H2,1-5H3. The Bertz CT molecular complexity index is 637. The highest BCUT2D eigenvalue weighted by Gasteiger charge is 2.63. The zero-order valence-corrected chi connectivity index (χ0v) is 13.9. The molecule has 1 N–H and O–H groups in total. The van der Waals surface area contributed by atoms with Gasteiger partial charge in [-0.25, -0.2) is 0 Å². The number of furan rings is 1. The van der Waals surface area contributed by atoms with E-state index < -0.39 is 0 Å². The van der Waals surface area contributed by atoms with Crippen LogP contribution in [0.15, 0.2) is 28.7 Å². The lowest BCUT2D eigenvalue weighted by Gasteiger charge is -2.06. The van der Waals surface area contributed by atoms with Gasteiger partial charge in [0.2, 0.25) is 0 Å². The van der Waals surface area contributed by atoms with Gasteiger partial charge in [0.15, 0.2) is 0 Å². The van der Waals surface area contributed by atoms with E-state index in [-0.39, 0.29) is 0 Å². The molecule has 0 amide bonds. The molecule has 1 aliphatic rings. The van der Waals surface area contributed by atoms with Gasteiger partial charge < -0.3 is 9.73 Å². The molecule has 2 heteroatoms. The minimum absolute atomic E-state index is 0.450. The summed E-state index contributed by atoms with van der Waals surface area (Å²) in [5.41, 5.74) is 3.25. The summed E-state index contributed by atoms with van der Waals surface area (Å²) in [5.74, 6) is 1.88. The topological polar surface area (TPSA) is 25.2 Å². The predicted molar refractivity (Wildman–Crippen MR) is 88.4 cm³/mol. The molecule has 1 heterocycles. The van der Waals surface area contributed by atoms with Crippen molar-refractivity contribution in [2.45, 2.75) is 47.6 Å². The summed E-state index contributed by atoms with van der Waals surface area (Å²) >= 11 is 0. The van der Waals surface area contributed by atoms with E-state index in [1.54, 1.807) is 0 Å². The zero-order valence-electron chi connectivity index (χ0n) is 13.9. The third-order valence-electron chi connectivity index (χ3n) is 6.07. The van der Waals surface area contributed by atoms with Crippen LogP contribution in [0.4, 0.5) is 0 Å². The Morgan fingerprint density at radius 2 is 1.76 bits per heavy atom. The predicted octanol–water partition coefficient (Wildman–Crippen LogP) is 4.77. The van der Waals surface area contributed by atoms with Crippen molar-refractivity contribution in [3.05, 3.63) is 35.6 Å². The average molecular weight is 285 g/mol. The number of fused-ring (bicyclic) bond motifs is 1. The Hall–Kier alpha value is -1.28. The van der Waals surface area contributed by atoms with Crippen LogP contribution in [-0.2, 0) is 13.0 Å². The number of nitrogens with one attached hydrogen (secondary N) is 1. The molecule has 0 aliphatic heterocycles. The van der Waals surface area contributed by atoms with Gasteiger partial charge in [0.1, 0.15) is 11.3 Å². The fourth-order valence-corrected chi connectivity index (χ4v) is 3.81. The summed E-state index contributed by atoms with van der Waals surface area (Å²) in [6.45, 7) is 13.7. The summed E-state index contributed by atoms with van der Waals surface area (Å²) in [7, 11) is 0. The second-order valence-corrected chi connectivity index (χ2v) is 7.48. The van der Waals surface area contributed by atoms with E-state index in [1.807, 2.05) is 6.07 Å². The molecule has 0 bridgehead atoms. The molecule has 1 saturated carbocycles. The Kier molecular flexibility index (Phi) is 3.40. The summed E-state index contributed by atoms with van der Waals surface area (Å²) in [5, 5.41) is 4.93. The van der Waals surface area contributed by atoms with Gasteiger partial charge in [0.05, 0.1) is 0 Å². The minimum Gasteiger partial charge on any atom is -0.461 e. The maximum atomic E-state index is 5.96. The summed E-state index contributed by atoms with van der Waals surface area (Å²) < 4.78 is 5.96. The molecular weight excluding hydrogens is 258 g/mol. The maximum absolute atomic E-state index is 5.96. The monoisotopic (exact) mass is 285 g/mol. The average Bonchev–Trinajstić information content (AvgIpc) is 2.75. The van der Waals surface area contributed by atoms with E-state index in [4.69, 9.17) is 4.42 Å². The third-order valence-corrected chi connectivity index (χ3v) is 6.07. The van der Waals surface area contributed by atoms with Gasteiger partial charge in [0, 0.05) is 23.9 Å². The van der Waals surface area contributed by atoms with Crippen LogP contribution in [0.2, 0.25) is 0 Å². The molecule has 1 fully saturated rings. The van der Waals surface area contributed by atoms with E-state index in [0.29, 0.717) is 10.8 Å². The van der Waals surface area contributed by atoms with Crippen molar-refractivity contribution in [2.75, 3.05) is 6.54 Å². The molecule has 1 aromatic heterocycles. The molecule has 0 atom stereocenters. The van der Waals surface area contributed by atoms with Crippen molar-refractivity contribution in [2.24, 2.45) is 16.7 Å². The van der Waals surface area contributed by atoms with Crippen molar-refractivity contribution < 1.29 is 4.42 Å². The van der Waals surface area contributed by atoms with Crippen molar-refractivity contribution in [3.63, 3.8) is 0 Å². The minimum atomic E-state index is 0.450. The first-order valence-corrected chi connectivity index (χ1v) is 8.09. The molecule has 0 radical (unpaired) electrons. The molecule has 0 spiro atoms. The van der Waals surface area contributed by atoms with Crippen molar-refractivity contribution in [3.8, 4) is 0 Å². The van der Waals surface area contributed by atoms with Gasteiger partial charge in [-0.2, -0.15) is 0 Å². The molecule has 0 saturated heterocycles. The summed E-state index contributed by atoms with van der Waals surface area (Å²) in [4.78, 5) is 0. The summed E-state index contributed by atoms with van der Waals surface area (Å²) in [6.07, 6.45) is 0.951. The Labute approximate surface area is 127 Å². The highest BCUT2D eigenvalue weighted by Crippen LogP contribution is 2.67. The molecule has 0 unspecified atom stereocenters. The smallest absolute Gasteiger partial charge is 0.134 e. The second kappa shape index (κ2) is 4.88. The first-order valence-electron chi connectivity index (χ1n) is 8.09. The van der Waals surface area contributed by atoms with Crippen LogP contribution in [0.1, 0.15) is 45.9 Å². The molecule has 114 valence electrons. The number of benzene rings is 1. The number of hydrogen-bond donors (Lipinski definition) is 1. The lowest BCUT2D eigenvalue weighted by molar-refractivity contribution is 0.457. The molecule has 2 aromatic rings. The van der Waals surface area contributed by atoms with Crippen LogP contribution < -0.4 is 5.32 Å². The van der Waals surface area contributed by atoms with E-state index in [9.17, 15) is 0 Å². The van der Waals surface area contributed by atoms with Gasteiger partial charge in [-0.3, -0.25) is 0 Å². The van der Waals surface area contributed by atoms with Crippen LogP contribution in [0, 0.1) is 16.7 Å². The van der Waals surface area contributed by atoms with Crippen molar-refractivity contribution in [1.29, 1.82) is 0 Å². The maximum Gasteiger partial charge on any atom is 0.134 e. The van der Waals surface area contributed by atoms with E-state index in [0.717, 1.165) is 36.8 Å². The fourth-order valence-electron chi connectivity index (χ4n) is 3.81. The number of hydrogen-bond acceptors (Lipinski definition) is 2. The largest absolute Gasteiger partial charge is 0.461 e. The molecular formula is C19H27NO. The fraction of sp³-hybridized carbons (Fsp3) is 0.579. The summed E-state index contributed by atoms with van der Waals surface area (Å²) in [6, 6.07) is 8.36. The lowest BCUT2D eigenvalue weighted by Crippen LogP contribution is -2.19. The molecule has 1 aromatic carbocycles. The first-order chi connectivity index (χ1) is 9.89. The van der Waals surface area contributed by atoms with Crippen molar-refractivity contribution >= 4 is 11.0 Å². The highest BCUT2D eigenvalue weighted by molar-refractivity contribution is 5.82. The SMILES string of the molecule is CCc1oc2ccccc2c1CNCC1C(C)(C)C1(C)C. The van der Waals surface area contributed by atoms with Gasteiger partial charge in [-0.05, 0) is 29.4 Å². The van der Waals surface area contributed by atoms with Crippen molar-refractivity contribution in [1.82, 2.24) is 5.32 Å². The third kappa shape index (κ3) is 2.20. The van der Waals surface area contributed by atoms with Crippen LogP contribution >= 0.6 is 0 Å². The molecule has 21 heavy (non-hydrogen) atoms. The van der Waals surface area contributed by atoms with Gasteiger partial charge >= 0.3 is 0 Å². The van der Waals surface area contributed by atoms with Crippen LogP contribution in [0.5, 0.6) is 0 Å². The Morgan fingerprint density at radius 1 is 1.10 bits per heavy atom. The van der Waals surface area contributed by atoms with E-state index in [1.165, 1.54) is 10.9 Å². The lowest BCUT2D eigenvalue weighted by atomic mass is 10.0. The quantitative estimate of drug-likeness (QED) is 0.856. The van der Waals surface area contributed by atoms with E-state index in [2.05, 4.69) is 58.1 Å². The Balaban J connectivity index is 1.71. The normalized spacial score (nSPS) is 20.0. The second-order valence-electron chi connectivity index (χ2n) is 7.48. The van der Waals surface area contributed by atoms with Gasteiger partial charge in [0.25, 0.3) is 0 Å². The Morgan fingerprint density at radius 3 is 2.38 bits per heavy atom. The number of rotatable bonds is 5. The molecule has 2 nitrogen and oxygen atoms in total. The highest BCUT2D eigenvalue weighted by atomic mass is 16.3. The van der Waals surface area contributed by atoms with Crippen LogP contribution in [-0.4, -0.2) is 6.54 Å². The van der Waals surface area contributed by atoms with Crippen LogP contribution in [0.3, 0.4) is 0 Å². The number of para-hydroxylation sites is 1. The first kappa shape index (κ1) is 14.6. The zero-order chi connectivity index (χ0) is 15.3. The molecule has 3 rings (SSSR count). The van der Waals surface area contributed by atoms with Gasteiger partial charge in [-0.1, -0.05) is 52.8 Å². The number of aryl methyl sites for hydroxylation is 1.